The number of nitrogens with zero attached hydrogens (tertiary/aromatic N) is 4. The average Bonchev–Trinajstić information content (AvgIpc) is 3.19. The third-order valence-corrected chi connectivity index (χ3v) is 3.97. The molecule has 0 fully saturated rings. The van der Waals surface area contributed by atoms with Gasteiger partial charge in [-0.05, 0) is 24.1 Å². The highest BCUT2D eigenvalue weighted by molar-refractivity contribution is 6.34. The predicted octanol–water partition coefficient (Wildman–Crippen LogP) is 3.12. The lowest BCUT2D eigenvalue weighted by Gasteiger charge is -2.07. The number of ether oxygens (including phenoxy) is 1. The Morgan fingerprint density at radius 1 is 1.24 bits per heavy atom. The maximum Gasteiger partial charge on any atom is 0.275 e. The average molecular weight is 360 g/mol. The molecule has 0 aliphatic carbocycles. The number of nitrogens with one attached hydrogen (secondary N) is 1. The summed E-state index contributed by atoms with van der Waals surface area (Å²) in [5.74, 6) is 0.417. The van der Waals surface area contributed by atoms with Crippen LogP contribution in [0.5, 0.6) is 5.75 Å². The Morgan fingerprint density at radius 3 is 2.64 bits per heavy atom. The third kappa shape index (κ3) is 4.00. The highest BCUT2D eigenvalue weighted by Gasteiger charge is 2.16. The maximum atomic E-state index is 12.2. The lowest BCUT2D eigenvalue weighted by Crippen LogP contribution is -2.16. The largest absolute Gasteiger partial charge is 0.471 e. The smallest absolute Gasteiger partial charge is 0.275 e. The van der Waals surface area contributed by atoms with E-state index < -0.39 is 0 Å². The third-order valence-electron chi connectivity index (χ3n) is 3.70. The van der Waals surface area contributed by atoms with Gasteiger partial charge in [-0.3, -0.25) is 9.48 Å². The predicted molar refractivity (Wildman–Crippen MR) is 94.8 cm³/mol. The molecule has 130 valence electrons. The maximum absolute atomic E-state index is 12.2. The van der Waals surface area contributed by atoms with Crippen molar-refractivity contribution in [3.05, 3.63) is 59.1 Å². The van der Waals surface area contributed by atoms with Crippen LogP contribution in [0.25, 0.3) is 0 Å². The van der Waals surface area contributed by atoms with Crippen molar-refractivity contribution < 1.29 is 9.53 Å². The van der Waals surface area contributed by atoms with Gasteiger partial charge in [0.05, 0.1) is 29.3 Å². The van der Waals surface area contributed by atoms with Crippen molar-refractivity contribution in [1.82, 2.24) is 19.6 Å². The summed E-state index contributed by atoms with van der Waals surface area (Å²) in [6.45, 7) is 2.35. The molecular formula is C17H18ClN5O2. The molecule has 0 radical (unpaired) electrons. The van der Waals surface area contributed by atoms with E-state index in [2.05, 4.69) is 22.4 Å². The first-order chi connectivity index (χ1) is 12.1. The fourth-order valence-corrected chi connectivity index (χ4v) is 2.57. The second-order valence-corrected chi connectivity index (χ2v) is 5.87. The van der Waals surface area contributed by atoms with Crippen molar-refractivity contribution >= 4 is 23.2 Å². The van der Waals surface area contributed by atoms with Crippen LogP contribution in [0.15, 0.2) is 42.9 Å². The minimum Gasteiger partial charge on any atom is -0.471 e. The minimum absolute atomic E-state index is 0.244. The van der Waals surface area contributed by atoms with Crippen LogP contribution in [0.2, 0.25) is 5.02 Å². The number of hydrogen-bond acceptors (Lipinski definition) is 4. The van der Waals surface area contributed by atoms with E-state index in [0.717, 1.165) is 12.2 Å². The number of halogens is 1. The lowest BCUT2D eigenvalue weighted by atomic mass is 10.2. The Labute approximate surface area is 150 Å². The highest BCUT2D eigenvalue weighted by Crippen LogP contribution is 2.17. The van der Waals surface area contributed by atoms with Crippen molar-refractivity contribution in [3.63, 3.8) is 0 Å². The van der Waals surface area contributed by atoms with Crippen LogP contribution in [0, 0.1) is 0 Å². The van der Waals surface area contributed by atoms with E-state index in [1.807, 2.05) is 24.3 Å². The monoisotopic (exact) mass is 359 g/mol. The molecule has 3 aromatic rings. The van der Waals surface area contributed by atoms with E-state index in [1.54, 1.807) is 24.1 Å². The van der Waals surface area contributed by atoms with E-state index in [-0.39, 0.29) is 12.6 Å². The zero-order chi connectivity index (χ0) is 17.8. The first kappa shape index (κ1) is 17.0. The fraction of sp³-hybridized carbons (Fsp3) is 0.235. The number of rotatable bonds is 6. The molecule has 0 saturated heterocycles. The van der Waals surface area contributed by atoms with Crippen LogP contribution >= 0.6 is 11.6 Å². The van der Waals surface area contributed by atoms with Crippen LogP contribution in [0.4, 0.5) is 5.69 Å². The summed E-state index contributed by atoms with van der Waals surface area (Å²) in [6, 6.07) is 7.91. The van der Waals surface area contributed by atoms with Gasteiger partial charge in [0.15, 0.2) is 6.73 Å². The second kappa shape index (κ2) is 7.40. The van der Waals surface area contributed by atoms with E-state index in [0.29, 0.717) is 16.4 Å². The van der Waals surface area contributed by atoms with Gasteiger partial charge in [0.1, 0.15) is 11.4 Å². The van der Waals surface area contributed by atoms with Crippen molar-refractivity contribution in [1.29, 1.82) is 0 Å². The molecule has 0 spiro atoms. The summed E-state index contributed by atoms with van der Waals surface area (Å²) in [4.78, 5) is 12.2. The molecule has 2 aromatic heterocycles. The van der Waals surface area contributed by atoms with Crippen LogP contribution in [-0.2, 0) is 20.2 Å². The summed E-state index contributed by atoms with van der Waals surface area (Å²) in [5.41, 5.74) is 2.10. The molecule has 0 saturated carbocycles. The zero-order valence-electron chi connectivity index (χ0n) is 13.9. The molecule has 25 heavy (non-hydrogen) atoms. The molecule has 3 rings (SSSR count). The SMILES string of the molecule is CCc1ccc(OCn2cc(NC(=O)c3c(Cl)cnn3C)cn2)cc1. The number of hydrogen-bond donors (Lipinski definition) is 1. The number of carbonyl (C=O) groups excluding carboxylic acids is 1. The van der Waals surface area contributed by atoms with Crippen molar-refractivity contribution in [2.75, 3.05) is 5.32 Å². The number of aromatic nitrogens is 4. The number of carbonyl (C=O) groups is 1. The van der Waals surface area contributed by atoms with E-state index in [1.165, 1.54) is 16.4 Å². The molecule has 0 aliphatic heterocycles. The van der Waals surface area contributed by atoms with E-state index >= 15 is 0 Å². The first-order valence-electron chi connectivity index (χ1n) is 7.80. The molecule has 0 bridgehead atoms. The Kier molecular flexibility index (Phi) is 5.04. The highest BCUT2D eigenvalue weighted by atomic mass is 35.5. The number of aryl methyl sites for hydroxylation is 2. The standard InChI is InChI=1S/C17H18ClN5O2/c1-3-12-4-6-14(7-5-12)25-11-23-10-13(8-20-23)21-17(24)16-15(18)9-19-22(16)2/h4-10H,3,11H2,1-2H3,(H,21,24). The number of benzene rings is 1. The van der Waals surface area contributed by atoms with Crippen molar-refractivity contribution in [2.45, 2.75) is 20.1 Å². The minimum atomic E-state index is -0.347. The Bertz CT molecular complexity index is 850. The molecule has 1 aromatic carbocycles. The topological polar surface area (TPSA) is 74.0 Å². The van der Waals surface area contributed by atoms with Crippen LogP contribution in [0.1, 0.15) is 23.0 Å². The summed E-state index contributed by atoms with van der Waals surface area (Å²) >= 11 is 5.97. The van der Waals surface area contributed by atoms with E-state index in [9.17, 15) is 4.79 Å². The lowest BCUT2D eigenvalue weighted by molar-refractivity contribution is 0.101. The molecule has 7 nitrogen and oxygen atoms in total. The first-order valence-corrected chi connectivity index (χ1v) is 8.17. The van der Waals surface area contributed by atoms with Crippen molar-refractivity contribution in [3.8, 4) is 5.75 Å². The second-order valence-electron chi connectivity index (χ2n) is 5.46. The molecular weight excluding hydrogens is 342 g/mol. The van der Waals surface area contributed by atoms with Gasteiger partial charge in [0, 0.05) is 7.05 Å². The quantitative estimate of drug-likeness (QED) is 0.733. The van der Waals surface area contributed by atoms with Gasteiger partial charge in [0.2, 0.25) is 0 Å². The molecule has 1 N–H and O–H groups in total. The summed E-state index contributed by atoms with van der Waals surface area (Å²) < 4.78 is 8.69. The molecule has 1 amide bonds. The van der Waals surface area contributed by atoms with Gasteiger partial charge in [-0.15, -0.1) is 0 Å². The Balaban J connectivity index is 1.59. The zero-order valence-corrected chi connectivity index (χ0v) is 14.7. The van der Waals surface area contributed by atoms with Gasteiger partial charge in [-0.2, -0.15) is 10.2 Å². The van der Waals surface area contributed by atoms with Gasteiger partial charge < -0.3 is 10.1 Å². The summed E-state index contributed by atoms with van der Waals surface area (Å²) in [6.07, 6.45) is 5.65. The van der Waals surface area contributed by atoms with Crippen LogP contribution < -0.4 is 10.1 Å². The normalized spacial score (nSPS) is 10.7. The molecule has 2 heterocycles. The van der Waals surface area contributed by atoms with Crippen LogP contribution in [-0.4, -0.2) is 25.5 Å². The van der Waals surface area contributed by atoms with Crippen LogP contribution in [0.3, 0.4) is 0 Å². The van der Waals surface area contributed by atoms with Crippen molar-refractivity contribution in [2.24, 2.45) is 7.05 Å². The van der Waals surface area contributed by atoms with Gasteiger partial charge in [0.25, 0.3) is 5.91 Å². The number of amides is 1. The number of anilines is 1. The fourth-order valence-electron chi connectivity index (χ4n) is 2.32. The Morgan fingerprint density at radius 2 is 2.00 bits per heavy atom. The molecule has 8 heteroatoms. The Hall–Kier alpha value is -2.80. The molecule has 0 atom stereocenters. The summed E-state index contributed by atoms with van der Waals surface area (Å²) in [5, 5.41) is 11.1. The van der Waals surface area contributed by atoms with E-state index in [4.69, 9.17) is 16.3 Å². The summed E-state index contributed by atoms with van der Waals surface area (Å²) in [7, 11) is 1.65. The molecule has 0 aliphatic rings. The van der Waals surface area contributed by atoms with Gasteiger partial charge in [-0.25, -0.2) is 4.68 Å². The van der Waals surface area contributed by atoms with Gasteiger partial charge in [-0.1, -0.05) is 30.7 Å². The van der Waals surface area contributed by atoms with Gasteiger partial charge >= 0.3 is 0 Å². The molecule has 0 unspecified atom stereocenters.